The number of piperidine rings is 2. The van der Waals surface area contributed by atoms with Crippen molar-refractivity contribution in [3.8, 4) is 0 Å². The molecule has 3 saturated heterocycles. The molecule has 0 amide bonds. The maximum atomic E-state index is 5.14. The summed E-state index contributed by atoms with van der Waals surface area (Å²) in [4.78, 5) is 17.8. The first kappa shape index (κ1) is 21.0. The van der Waals surface area contributed by atoms with Gasteiger partial charge in [-0.3, -0.25) is 4.90 Å². The molecule has 5 nitrogen and oxygen atoms in total. The van der Waals surface area contributed by atoms with Gasteiger partial charge < -0.3 is 9.80 Å². The molecule has 0 saturated carbocycles. The van der Waals surface area contributed by atoms with E-state index in [9.17, 15) is 0 Å². The molecule has 0 spiro atoms. The van der Waals surface area contributed by atoms with E-state index in [2.05, 4.69) is 41.5 Å². The van der Waals surface area contributed by atoms with Crippen molar-refractivity contribution in [2.75, 3.05) is 44.2 Å². The molecular formula is C24H41N5. The minimum Gasteiger partial charge on any atom is -0.348 e. The molecule has 4 rings (SSSR count). The summed E-state index contributed by atoms with van der Waals surface area (Å²) in [5.41, 5.74) is 0. The molecule has 0 aromatic carbocycles. The van der Waals surface area contributed by atoms with E-state index >= 15 is 0 Å². The van der Waals surface area contributed by atoms with Crippen molar-refractivity contribution in [2.24, 2.45) is 5.92 Å². The first-order chi connectivity index (χ1) is 14.1. The molecule has 0 N–H and O–H groups in total. The highest BCUT2D eigenvalue weighted by Gasteiger charge is 2.37. The molecular weight excluding hydrogens is 358 g/mol. The second kappa shape index (κ2) is 9.74. The van der Waals surface area contributed by atoms with Gasteiger partial charge in [-0.2, -0.15) is 0 Å². The highest BCUT2D eigenvalue weighted by molar-refractivity contribution is 5.43. The van der Waals surface area contributed by atoms with Crippen LogP contribution in [-0.4, -0.2) is 71.1 Å². The number of likely N-dealkylation sites (tertiary alicyclic amines) is 2. The van der Waals surface area contributed by atoms with Crippen LogP contribution in [0, 0.1) is 5.92 Å². The number of hydrogen-bond donors (Lipinski definition) is 0. The van der Waals surface area contributed by atoms with Crippen LogP contribution in [0.1, 0.15) is 77.5 Å². The Morgan fingerprint density at radius 1 is 1.03 bits per heavy atom. The van der Waals surface area contributed by atoms with E-state index in [1.807, 2.05) is 6.20 Å². The summed E-state index contributed by atoms with van der Waals surface area (Å²) in [7, 11) is 0. The van der Waals surface area contributed by atoms with Gasteiger partial charge in [0.2, 0.25) is 0 Å². The van der Waals surface area contributed by atoms with Crippen LogP contribution in [0.15, 0.2) is 12.3 Å². The largest absolute Gasteiger partial charge is 0.348 e. The summed E-state index contributed by atoms with van der Waals surface area (Å²) in [6, 6.07) is 3.43. The Kier molecular flexibility index (Phi) is 7.07. The average molecular weight is 400 g/mol. The molecule has 1 aromatic rings. The molecule has 1 aromatic heterocycles. The van der Waals surface area contributed by atoms with E-state index < -0.39 is 0 Å². The Bertz CT molecular complexity index is 626. The molecule has 3 aliphatic rings. The van der Waals surface area contributed by atoms with Crippen LogP contribution < -0.4 is 4.90 Å². The van der Waals surface area contributed by atoms with Crippen molar-refractivity contribution >= 4 is 5.82 Å². The van der Waals surface area contributed by atoms with Crippen LogP contribution in [0.25, 0.3) is 0 Å². The standard InChI is InChI=1S/C24H41N5/c1-4-27-17-21-8-5-9-22(18-27)29(21)23-10-13-25-24(26-23)20-11-15-28(16-12-20)14-6-7-19(2)3/h10,13,19-22H,4-9,11-12,14-18H2,1-3H3. The van der Waals surface area contributed by atoms with Gasteiger partial charge in [-0.1, -0.05) is 20.8 Å². The van der Waals surface area contributed by atoms with E-state index in [0.29, 0.717) is 18.0 Å². The predicted octanol–water partition coefficient (Wildman–Crippen LogP) is 4.16. The Morgan fingerprint density at radius 3 is 2.41 bits per heavy atom. The molecule has 3 fully saturated rings. The third-order valence-corrected chi connectivity index (χ3v) is 7.38. The Labute approximate surface area is 177 Å². The van der Waals surface area contributed by atoms with Crippen LogP contribution in [0.2, 0.25) is 0 Å². The van der Waals surface area contributed by atoms with Crippen molar-refractivity contribution in [3.05, 3.63) is 18.1 Å². The highest BCUT2D eigenvalue weighted by atomic mass is 15.3. The number of nitrogens with zero attached hydrogens (tertiary/aromatic N) is 5. The van der Waals surface area contributed by atoms with E-state index in [-0.39, 0.29) is 0 Å². The summed E-state index contributed by atoms with van der Waals surface area (Å²) in [5, 5.41) is 0. The lowest BCUT2D eigenvalue weighted by Crippen LogP contribution is -2.61. The second-order valence-electron chi connectivity index (χ2n) is 9.92. The maximum Gasteiger partial charge on any atom is 0.133 e. The maximum absolute atomic E-state index is 5.14. The van der Waals surface area contributed by atoms with Gasteiger partial charge in [-0.15, -0.1) is 0 Å². The third kappa shape index (κ3) is 5.11. The number of hydrogen-bond acceptors (Lipinski definition) is 5. The van der Waals surface area contributed by atoms with Gasteiger partial charge in [0.1, 0.15) is 11.6 Å². The van der Waals surface area contributed by atoms with E-state index in [0.717, 1.165) is 11.7 Å². The number of anilines is 1. The molecule has 2 unspecified atom stereocenters. The molecule has 5 heteroatoms. The van der Waals surface area contributed by atoms with E-state index in [1.54, 1.807) is 0 Å². The average Bonchev–Trinajstić information content (AvgIpc) is 2.73. The summed E-state index contributed by atoms with van der Waals surface area (Å²) in [5.74, 6) is 3.65. The van der Waals surface area contributed by atoms with Gasteiger partial charge in [0.25, 0.3) is 0 Å². The predicted molar refractivity (Wildman–Crippen MR) is 121 cm³/mol. The number of rotatable bonds is 7. The Balaban J connectivity index is 1.37. The Morgan fingerprint density at radius 2 is 1.76 bits per heavy atom. The van der Waals surface area contributed by atoms with Crippen molar-refractivity contribution in [1.82, 2.24) is 19.8 Å². The van der Waals surface area contributed by atoms with E-state index in [4.69, 9.17) is 9.97 Å². The van der Waals surface area contributed by atoms with E-state index in [1.165, 1.54) is 90.0 Å². The van der Waals surface area contributed by atoms with Gasteiger partial charge in [0.05, 0.1) is 0 Å². The monoisotopic (exact) mass is 399 g/mol. The first-order valence-corrected chi connectivity index (χ1v) is 12.2. The minimum atomic E-state index is 0.535. The number of likely N-dealkylation sites (N-methyl/N-ethyl adjacent to an activating group) is 1. The zero-order valence-corrected chi connectivity index (χ0v) is 18.9. The summed E-state index contributed by atoms with van der Waals surface area (Å²) in [6.45, 7) is 14.2. The SMILES string of the molecule is CCN1CC2CCCC(C1)N2c1ccnc(C2CCN(CCCC(C)C)CC2)n1. The number of fused-ring (bicyclic) bond motifs is 2. The molecule has 0 aliphatic carbocycles. The fourth-order valence-electron chi connectivity index (χ4n) is 5.67. The molecule has 162 valence electrons. The third-order valence-electron chi connectivity index (χ3n) is 7.38. The lowest BCUT2D eigenvalue weighted by Gasteiger charge is -2.50. The summed E-state index contributed by atoms with van der Waals surface area (Å²) >= 11 is 0. The fourth-order valence-corrected chi connectivity index (χ4v) is 5.67. The van der Waals surface area contributed by atoms with Crippen LogP contribution in [0.3, 0.4) is 0 Å². The van der Waals surface area contributed by atoms with Gasteiger partial charge in [-0.25, -0.2) is 9.97 Å². The fraction of sp³-hybridized carbons (Fsp3) is 0.833. The topological polar surface area (TPSA) is 35.5 Å². The lowest BCUT2D eigenvalue weighted by molar-refractivity contribution is 0.161. The summed E-state index contributed by atoms with van der Waals surface area (Å²) in [6.07, 6.45) is 11.1. The zero-order chi connectivity index (χ0) is 20.2. The lowest BCUT2D eigenvalue weighted by atomic mass is 9.91. The van der Waals surface area contributed by atoms with Gasteiger partial charge >= 0.3 is 0 Å². The molecule has 2 atom stereocenters. The second-order valence-corrected chi connectivity index (χ2v) is 9.92. The summed E-state index contributed by atoms with van der Waals surface area (Å²) < 4.78 is 0. The molecule has 4 heterocycles. The quantitative estimate of drug-likeness (QED) is 0.688. The van der Waals surface area contributed by atoms with Crippen molar-refractivity contribution in [1.29, 1.82) is 0 Å². The number of piperazine rings is 1. The van der Waals surface area contributed by atoms with Gasteiger partial charge in [0, 0.05) is 37.3 Å². The first-order valence-electron chi connectivity index (χ1n) is 12.2. The van der Waals surface area contributed by atoms with Crippen LogP contribution in [0.5, 0.6) is 0 Å². The highest BCUT2D eigenvalue weighted by Crippen LogP contribution is 2.34. The zero-order valence-electron chi connectivity index (χ0n) is 18.9. The molecule has 3 aliphatic heterocycles. The molecule has 0 radical (unpaired) electrons. The van der Waals surface area contributed by atoms with Crippen LogP contribution in [-0.2, 0) is 0 Å². The normalized spacial score (nSPS) is 27.0. The van der Waals surface area contributed by atoms with Crippen molar-refractivity contribution < 1.29 is 0 Å². The number of aromatic nitrogens is 2. The van der Waals surface area contributed by atoms with Crippen molar-refractivity contribution in [3.63, 3.8) is 0 Å². The van der Waals surface area contributed by atoms with Gasteiger partial charge in [-0.05, 0) is 83.1 Å². The minimum absolute atomic E-state index is 0.535. The smallest absolute Gasteiger partial charge is 0.133 e. The molecule has 29 heavy (non-hydrogen) atoms. The van der Waals surface area contributed by atoms with Crippen LogP contribution >= 0.6 is 0 Å². The Hall–Kier alpha value is -1.20. The van der Waals surface area contributed by atoms with Gasteiger partial charge in [0.15, 0.2) is 0 Å². The van der Waals surface area contributed by atoms with Crippen LogP contribution in [0.4, 0.5) is 5.82 Å². The molecule has 2 bridgehead atoms. The van der Waals surface area contributed by atoms with Crippen molar-refractivity contribution in [2.45, 2.75) is 83.7 Å².